The third kappa shape index (κ3) is 6.68. The van der Waals surface area contributed by atoms with Crippen LogP contribution in [-0.4, -0.2) is 48.5 Å². The van der Waals surface area contributed by atoms with Crippen molar-refractivity contribution >= 4 is 0 Å². The summed E-state index contributed by atoms with van der Waals surface area (Å²) in [6, 6.07) is 0. The van der Waals surface area contributed by atoms with E-state index in [2.05, 4.69) is 22.6 Å². The number of ether oxygens (including phenoxy) is 2. The number of aromatic nitrogens is 3. The van der Waals surface area contributed by atoms with E-state index in [1.807, 2.05) is 13.2 Å². The van der Waals surface area contributed by atoms with Crippen molar-refractivity contribution < 1.29 is 9.47 Å². The quantitative estimate of drug-likeness (QED) is 0.594. The largest absolute Gasteiger partial charge is 0.379 e. The second kappa shape index (κ2) is 9.99. The van der Waals surface area contributed by atoms with Gasteiger partial charge >= 0.3 is 0 Å². The van der Waals surface area contributed by atoms with Gasteiger partial charge in [0.05, 0.1) is 32.1 Å². The average Bonchev–Trinajstić information content (AvgIpc) is 2.81. The van der Waals surface area contributed by atoms with Crippen LogP contribution < -0.4 is 5.32 Å². The van der Waals surface area contributed by atoms with E-state index < -0.39 is 0 Å². The maximum absolute atomic E-state index is 5.46. The van der Waals surface area contributed by atoms with Crippen LogP contribution in [-0.2, 0) is 22.6 Å². The lowest BCUT2D eigenvalue weighted by Crippen LogP contribution is -2.11. The van der Waals surface area contributed by atoms with Crippen molar-refractivity contribution in [2.45, 2.75) is 32.9 Å². The molecule has 6 heteroatoms. The Morgan fingerprint density at radius 2 is 2.00 bits per heavy atom. The topological polar surface area (TPSA) is 61.2 Å². The number of rotatable bonds is 11. The lowest BCUT2D eigenvalue weighted by Gasteiger charge is -2.05. The lowest BCUT2D eigenvalue weighted by molar-refractivity contribution is 0.0429. The first kappa shape index (κ1) is 15.1. The standard InChI is InChI=1S/C12H24N4O2/c1-3-4-6-17-8-9-18-7-5-16-11-12(10-13-2)14-15-16/h11,13H,3-10H2,1-2H3. The summed E-state index contributed by atoms with van der Waals surface area (Å²) in [6.45, 7) is 6.40. The number of hydrogen-bond acceptors (Lipinski definition) is 5. The Labute approximate surface area is 109 Å². The molecule has 0 unspecified atom stereocenters. The van der Waals surface area contributed by atoms with Gasteiger partial charge < -0.3 is 14.8 Å². The minimum Gasteiger partial charge on any atom is -0.379 e. The van der Waals surface area contributed by atoms with E-state index in [4.69, 9.17) is 9.47 Å². The minimum atomic E-state index is 0.638. The lowest BCUT2D eigenvalue weighted by atomic mass is 10.4. The summed E-state index contributed by atoms with van der Waals surface area (Å²) in [6.07, 6.45) is 4.22. The van der Waals surface area contributed by atoms with Gasteiger partial charge in [0.25, 0.3) is 0 Å². The molecule has 0 fully saturated rings. The smallest absolute Gasteiger partial charge is 0.0964 e. The fraction of sp³-hybridized carbons (Fsp3) is 0.833. The summed E-state index contributed by atoms with van der Waals surface area (Å²) in [5.74, 6) is 0. The molecule has 1 N–H and O–H groups in total. The van der Waals surface area contributed by atoms with Crippen LogP contribution in [0.1, 0.15) is 25.5 Å². The summed E-state index contributed by atoms with van der Waals surface area (Å²) >= 11 is 0. The summed E-state index contributed by atoms with van der Waals surface area (Å²) < 4.78 is 12.6. The fourth-order valence-corrected chi connectivity index (χ4v) is 1.44. The molecule has 0 saturated carbocycles. The molecule has 0 amide bonds. The van der Waals surface area contributed by atoms with Crippen LogP contribution in [0.5, 0.6) is 0 Å². The Balaban J connectivity index is 1.96. The van der Waals surface area contributed by atoms with Crippen molar-refractivity contribution in [3.8, 4) is 0 Å². The van der Waals surface area contributed by atoms with Gasteiger partial charge in [-0.2, -0.15) is 0 Å². The number of unbranched alkanes of at least 4 members (excludes halogenated alkanes) is 1. The summed E-state index contributed by atoms with van der Waals surface area (Å²) in [7, 11) is 1.89. The molecule has 6 nitrogen and oxygen atoms in total. The molecule has 104 valence electrons. The zero-order valence-electron chi connectivity index (χ0n) is 11.4. The summed E-state index contributed by atoms with van der Waals surface area (Å²) in [4.78, 5) is 0. The van der Waals surface area contributed by atoms with Crippen molar-refractivity contribution in [2.75, 3.05) is 33.5 Å². The summed E-state index contributed by atoms with van der Waals surface area (Å²) in [5, 5.41) is 11.1. The Morgan fingerprint density at radius 1 is 1.22 bits per heavy atom. The Hall–Kier alpha value is -0.980. The summed E-state index contributed by atoms with van der Waals surface area (Å²) in [5.41, 5.74) is 0.945. The Bertz CT molecular complexity index is 304. The maximum atomic E-state index is 5.46. The second-order valence-corrected chi connectivity index (χ2v) is 4.08. The van der Waals surface area contributed by atoms with E-state index in [1.54, 1.807) is 4.68 Å². The van der Waals surface area contributed by atoms with Crippen LogP contribution in [0.2, 0.25) is 0 Å². The first-order valence-corrected chi connectivity index (χ1v) is 6.56. The van der Waals surface area contributed by atoms with Crippen LogP contribution >= 0.6 is 0 Å². The molecule has 0 aliphatic heterocycles. The van der Waals surface area contributed by atoms with Gasteiger partial charge in [0.15, 0.2) is 0 Å². The molecule has 0 radical (unpaired) electrons. The van der Waals surface area contributed by atoms with Crippen molar-refractivity contribution in [3.05, 3.63) is 11.9 Å². The molecule has 0 aliphatic carbocycles. The highest BCUT2D eigenvalue weighted by Gasteiger charge is 1.99. The molecule has 0 aromatic carbocycles. The van der Waals surface area contributed by atoms with Crippen molar-refractivity contribution in [1.82, 2.24) is 20.3 Å². The van der Waals surface area contributed by atoms with Gasteiger partial charge in [-0.1, -0.05) is 18.6 Å². The second-order valence-electron chi connectivity index (χ2n) is 4.08. The van der Waals surface area contributed by atoms with Crippen molar-refractivity contribution in [3.63, 3.8) is 0 Å². The molecule has 18 heavy (non-hydrogen) atoms. The van der Waals surface area contributed by atoms with Crippen LogP contribution in [0.15, 0.2) is 6.20 Å². The number of nitrogens with zero attached hydrogens (tertiary/aromatic N) is 3. The molecular weight excluding hydrogens is 232 g/mol. The molecule has 0 atom stereocenters. The SMILES string of the molecule is CCCCOCCOCCn1cc(CNC)nn1. The van der Waals surface area contributed by atoms with Gasteiger partial charge in [-0.15, -0.1) is 5.10 Å². The van der Waals surface area contributed by atoms with Gasteiger partial charge in [-0.25, -0.2) is 4.68 Å². The van der Waals surface area contributed by atoms with E-state index in [0.717, 1.165) is 31.8 Å². The highest BCUT2D eigenvalue weighted by molar-refractivity contribution is 4.90. The van der Waals surface area contributed by atoms with Crippen molar-refractivity contribution in [2.24, 2.45) is 0 Å². The molecule has 1 rings (SSSR count). The first-order valence-electron chi connectivity index (χ1n) is 6.56. The van der Waals surface area contributed by atoms with E-state index in [0.29, 0.717) is 19.8 Å². The van der Waals surface area contributed by atoms with Crippen molar-refractivity contribution in [1.29, 1.82) is 0 Å². The number of hydrogen-bond donors (Lipinski definition) is 1. The third-order valence-corrected chi connectivity index (χ3v) is 2.42. The normalized spacial score (nSPS) is 11.0. The zero-order valence-corrected chi connectivity index (χ0v) is 11.4. The minimum absolute atomic E-state index is 0.638. The zero-order chi connectivity index (χ0) is 13.1. The molecule has 1 aromatic rings. The average molecular weight is 256 g/mol. The van der Waals surface area contributed by atoms with Crippen LogP contribution in [0.25, 0.3) is 0 Å². The van der Waals surface area contributed by atoms with Crippen LogP contribution in [0, 0.1) is 0 Å². The van der Waals surface area contributed by atoms with Gasteiger partial charge in [-0.3, -0.25) is 0 Å². The van der Waals surface area contributed by atoms with Gasteiger partial charge in [0.1, 0.15) is 0 Å². The molecular formula is C12H24N4O2. The van der Waals surface area contributed by atoms with Gasteiger partial charge in [-0.05, 0) is 13.5 Å². The first-order chi connectivity index (χ1) is 8.86. The van der Waals surface area contributed by atoms with E-state index in [9.17, 15) is 0 Å². The Morgan fingerprint density at radius 3 is 2.72 bits per heavy atom. The fourth-order valence-electron chi connectivity index (χ4n) is 1.44. The van der Waals surface area contributed by atoms with Crippen LogP contribution in [0.3, 0.4) is 0 Å². The molecule has 0 spiro atoms. The molecule has 0 saturated heterocycles. The molecule has 1 aromatic heterocycles. The van der Waals surface area contributed by atoms with E-state index in [-0.39, 0.29) is 0 Å². The van der Waals surface area contributed by atoms with Gasteiger partial charge in [0, 0.05) is 19.3 Å². The predicted octanol–water partition coefficient (Wildman–Crippen LogP) is 0.831. The highest BCUT2D eigenvalue weighted by atomic mass is 16.5. The maximum Gasteiger partial charge on any atom is 0.0964 e. The third-order valence-electron chi connectivity index (χ3n) is 2.42. The number of nitrogens with one attached hydrogen (secondary N) is 1. The molecule has 0 aliphatic rings. The van der Waals surface area contributed by atoms with E-state index in [1.165, 1.54) is 6.42 Å². The van der Waals surface area contributed by atoms with Crippen LogP contribution in [0.4, 0.5) is 0 Å². The Kier molecular flexibility index (Phi) is 8.37. The monoisotopic (exact) mass is 256 g/mol. The van der Waals surface area contributed by atoms with E-state index >= 15 is 0 Å². The predicted molar refractivity (Wildman–Crippen MR) is 69.3 cm³/mol. The van der Waals surface area contributed by atoms with Gasteiger partial charge in [0.2, 0.25) is 0 Å². The molecule has 0 bridgehead atoms. The molecule has 1 heterocycles. The highest BCUT2D eigenvalue weighted by Crippen LogP contribution is 1.92.